The van der Waals surface area contributed by atoms with Crippen molar-refractivity contribution in [2.24, 2.45) is 0 Å². The van der Waals surface area contributed by atoms with Gasteiger partial charge in [0.1, 0.15) is 5.82 Å². The number of imidazole rings is 1. The van der Waals surface area contributed by atoms with E-state index in [0.717, 1.165) is 22.4 Å². The molecule has 1 amide bonds. The predicted molar refractivity (Wildman–Crippen MR) is 110 cm³/mol. The molecule has 32 heavy (non-hydrogen) atoms. The molecule has 0 saturated carbocycles. The summed E-state index contributed by atoms with van der Waals surface area (Å²) in [7, 11) is 0. The molecule has 0 radical (unpaired) electrons. The third-order valence-corrected chi connectivity index (χ3v) is 4.12. The van der Waals surface area contributed by atoms with Gasteiger partial charge in [-0.3, -0.25) is 9.59 Å². The van der Waals surface area contributed by atoms with Gasteiger partial charge in [0.25, 0.3) is 0 Å². The molecular weight excluding hydrogens is 431 g/mol. The highest BCUT2D eigenvalue weighted by atomic mass is 19.4. The lowest BCUT2D eigenvalue weighted by atomic mass is 10.1. The molecule has 0 saturated heterocycles. The first-order chi connectivity index (χ1) is 15.1. The number of H-pyrrole nitrogens is 1. The SMILES string of the molecule is O=C(O)C(F)(F)F.O=C(O)CCCCC(=O)Nc1ccc(-c2nc3ccccc3[nH]2)cc1. The Balaban J connectivity index is 0.000000451. The van der Waals surface area contributed by atoms with Gasteiger partial charge in [-0.2, -0.15) is 13.2 Å². The van der Waals surface area contributed by atoms with Gasteiger partial charge in [0.15, 0.2) is 0 Å². The Morgan fingerprint density at radius 3 is 2.09 bits per heavy atom. The monoisotopic (exact) mass is 451 g/mol. The van der Waals surface area contributed by atoms with Crippen molar-refractivity contribution in [3.63, 3.8) is 0 Å². The maximum absolute atomic E-state index is 11.9. The highest BCUT2D eigenvalue weighted by Crippen LogP contribution is 2.22. The van der Waals surface area contributed by atoms with Gasteiger partial charge in [0, 0.05) is 24.1 Å². The Labute approximate surface area is 180 Å². The van der Waals surface area contributed by atoms with Crippen LogP contribution in [-0.4, -0.2) is 44.2 Å². The number of alkyl halides is 3. The van der Waals surface area contributed by atoms with Crippen molar-refractivity contribution >= 4 is 34.6 Å². The van der Waals surface area contributed by atoms with Gasteiger partial charge in [-0.1, -0.05) is 12.1 Å². The Morgan fingerprint density at radius 1 is 0.938 bits per heavy atom. The molecule has 170 valence electrons. The molecule has 0 unspecified atom stereocenters. The molecule has 2 aromatic carbocycles. The molecule has 0 spiro atoms. The number of benzene rings is 2. The number of anilines is 1. The van der Waals surface area contributed by atoms with Crippen LogP contribution >= 0.6 is 0 Å². The summed E-state index contributed by atoms with van der Waals surface area (Å²) >= 11 is 0. The van der Waals surface area contributed by atoms with Crippen molar-refractivity contribution in [1.82, 2.24) is 9.97 Å². The number of amides is 1. The number of aromatic nitrogens is 2. The van der Waals surface area contributed by atoms with Crippen molar-refractivity contribution in [2.75, 3.05) is 5.32 Å². The fourth-order valence-electron chi connectivity index (χ4n) is 2.59. The van der Waals surface area contributed by atoms with Crippen LogP contribution in [0.5, 0.6) is 0 Å². The topological polar surface area (TPSA) is 132 Å². The van der Waals surface area contributed by atoms with Crippen LogP contribution in [0.4, 0.5) is 18.9 Å². The number of nitrogens with one attached hydrogen (secondary N) is 2. The Bertz CT molecular complexity index is 1050. The number of rotatable bonds is 7. The van der Waals surface area contributed by atoms with E-state index in [4.69, 9.17) is 15.0 Å². The summed E-state index contributed by atoms with van der Waals surface area (Å²) in [5.41, 5.74) is 3.55. The summed E-state index contributed by atoms with van der Waals surface area (Å²) in [4.78, 5) is 39.0. The Kier molecular flexibility index (Phi) is 8.33. The number of halogens is 3. The lowest BCUT2D eigenvalue weighted by Gasteiger charge is -2.05. The highest BCUT2D eigenvalue weighted by molar-refractivity contribution is 5.91. The normalized spacial score (nSPS) is 10.8. The molecule has 3 aromatic rings. The molecule has 0 aliphatic carbocycles. The first kappa shape index (κ1) is 24.4. The number of unbranched alkanes of at least 4 members (excludes halogenated alkanes) is 1. The van der Waals surface area contributed by atoms with E-state index in [0.29, 0.717) is 24.9 Å². The maximum atomic E-state index is 11.9. The minimum Gasteiger partial charge on any atom is -0.481 e. The highest BCUT2D eigenvalue weighted by Gasteiger charge is 2.38. The van der Waals surface area contributed by atoms with E-state index < -0.39 is 18.1 Å². The maximum Gasteiger partial charge on any atom is 0.490 e. The van der Waals surface area contributed by atoms with E-state index in [1.54, 1.807) is 0 Å². The molecule has 11 heteroatoms. The number of carbonyl (C=O) groups excluding carboxylic acids is 1. The number of hydrogen-bond acceptors (Lipinski definition) is 4. The Hall–Kier alpha value is -3.89. The van der Waals surface area contributed by atoms with E-state index in [2.05, 4.69) is 15.3 Å². The largest absolute Gasteiger partial charge is 0.490 e. The van der Waals surface area contributed by atoms with Crippen molar-refractivity contribution < 1.29 is 37.8 Å². The molecule has 4 N–H and O–H groups in total. The van der Waals surface area contributed by atoms with E-state index in [9.17, 15) is 22.8 Å². The van der Waals surface area contributed by atoms with Gasteiger partial charge in [0.05, 0.1) is 11.0 Å². The van der Waals surface area contributed by atoms with Crippen molar-refractivity contribution in [3.05, 3.63) is 48.5 Å². The molecule has 1 aromatic heterocycles. The van der Waals surface area contributed by atoms with Crippen LogP contribution in [0.25, 0.3) is 22.4 Å². The second-order valence-electron chi connectivity index (χ2n) is 6.63. The zero-order valence-electron chi connectivity index (χ0n) is 16.6. The van der Waals surface area contributed by atoms with Gasteiger partial charge in [-0.15, -0.1) is 0 Å². The van der Waals surface area contributed by atoms with Crippen LogP contribution in [0.1, 0.15) is 25.7 Å². The van der Waals surface area contributed by atoms with Crippen molar-refractivity contribution in [3.8, 4) is 11.4 Å². The Morgan fingerprint density at radius 2 is 1.53 bits per heavy atom. The quantitative estimate of drug-likeness (QED) is 0.393. The molecule has 0 aliphatic rings. The van der Waals surface area contributed by atoms with Crippen LogP contribution in [0.2, 0.25) is 0 Å². The average molecular weight is 451 g/mol. The number of nitrogens with zero attached hydrogens (tertiary/aromatic N) is 1. The molecule has 1 heterocycles. The smallest absolute Gasteiger partial charge is 0.481 e. The van der Waals surface area contributed by atoms with Crippen LogP contribution in [0.15, 0.2) is 48.5 Å². The van der Waals surface area contributed by atoms with E-state index in [-0.39, 0.29) is 12.3 Å². The lowest BCUT2D eigenvalue weighted by molar-refractivity contribution is -0.192. The van der Waals surface area contributed by atoms with E-state index >= 15 is 0 Å². The summed E-state index contributed by atoms with van der Waals surface area (Å²) in [6.45, 7) is 0. The number of carboxylic acids is 2. The predicted octanol–water partition coefficient (Wildman–Crippen LogP) is 4.45. The minimum atomic E-state index is -5.08. The van der Waals surface area contributed by atoms with Gasteiger partial charge in [-0.25, -0.2) is 9.78 Å². The lowest BCUT2D eigenvalue weighted by Crippen LogP contribution is -2.21. The zero-order chi connectivity index (χ0) is 23.7. The summed E-state index contributed by atoms with van der Waals surface area (Å²) in [5, 5.41) is 18.5. The molecule has 0 aliphatic heterocycles. The second kappa shape index (κ2) is 10.9. The van der Waals surface area contributed by atoms with E-state index in [1.165, 1.54) is 0 Å². The number of para-hydroxylation sites is 2. The first-order valence-electron chi connectivity index (χ1n) is 9.43. The second-order valence-corrected chi connectivity index (χ2v) is 6.63. The van der Waals surface area contributed by atoms with Crippen molar-refractivity contribution in [1.29, 1.82) is 0 Å². The third-order valence-electron chi connectivity index (χ3n) is 4.12. The molecular formula is C21H20F3N3O5. The molecule has 0 atom stereocenters. The number of aliphatic carboxylic acids is 2. The summed E-state index contributed by atoms with van der Waals surface area (Å²) < 4.78 is 31.7. The number of aromatic amines is 1. The number of carbonyl (C=O) groups is 3. The van der Waals surface area contributed by atoms with Crippen LogP contribution < -0.4 is 5.32 Å². The molecule has 3 rings (SSSR count). The standard InChI is InChI=1S/C19H19N3O3.C2HF3O2/c23-17(7-3-4-8-18(24)25)20-14-11-9-13(10-12-14)19-21-15-5-1-2-6-16(15)22-19;3-2(4,5)1(6)7/h1-2,5-6,9-12H,3-4,7-8H2,(H,20,23)(H,21,22)(H,24,25);(H,6,7). The molecule has 8 nitrogen and oxygen atoms in total. The van der Waals surface area contributed by atoms with Gasteiger partial charge >= 0.3 is 18.1 Å². The molecule has 0 bridgehead atoms. The zero-order valence-corrected chi connectivity index (χ0v) is 16.6. The van der Waals surface area contributed by atoms with E-state index in [1.807, 2.05) is 48.5 Å². The summed E-state index contributed by atoms with van der Waals surface area (Å²) in [5.74, 6) is -2.91. The fraction of sp³-hybridized carbons (Fsp3) is 0.238. The summed E-state index contributed by atoms with van der Waals surface area (Å²) in [6, 6.07) is 15.3. The number of hydrogen-bond donors (Lipinski definition) is 4. The summed E-state index contributed by atoms with van der Waals surface area (Å²) in [6.07, 6.45) is -3.60. The van der Waals surface area contributed by atoms with Crippen LogP contribution in [0, 0.1) is 0 Å². The van der Waals surface area contributed by atoms with Gasteiger partial charge in [0.2, 0.25) is 5.91 Å². The minimum absolute atomic E-state index is 0.0967. The van der Waals surface area contributed by atoms with Crippen LogP contribution in [-0.2, 0) is 14.4 Å². The van der Waals surface area contributed by atoms with Crippen molar-refractivity contribution in [2.45, 2.75) is 31.9 Å². The number of carboxylic acid groups (broad SMARTS) is 2. The fourth-order valence-corrected chi connectivity index (χ4v) is 2.59. The number of fused-ring (bicyclic) bond motifs is 1. The first-order valence-corrected chi connectivity index (χ1v) is 9.43. The van der Waals surface area contributed by atoms with Crippen LogP contribution in [0.3, 0.4) is 0 Å². The third kappa shape index (κ3) is 7.74. The van der Waals surface area contributed by atoms with Gasteiger partial charge < -0.3 is 20.5 Å². The molecule has 0 fully saturated rings. The van der Waals surface area contributed by atoms with Gasteiger partial charge in [-0.05, 0) is 49.2 Å². The average Bonchev–Trinajstić information content (AvgIpc) is 3.15.